The van der Waals surface area contributed by atoms with Crippen LogP contribution in [0.4, 0.5) is 4.79 Å². The van der Waals surface area contributed by atoms with E-state index >= 15 is 0 Å². The van der Waals surface area contributed by atoms with Gasteiger partial charge in [-0.1, -0.05) is 17.8 Å². The highest BCUT2D eigenvalue weighted by atomic mass is 32.2. The monoisotopic (exact) mass is 440 g/mol. The van der Waals surface area contributed by atoms with Crippen LogP contribution in [-0.4, -0.2) is 51.5 Å². The first-order valence-corrected chi connectivity index (χ1v) is 11.4. The molecule has 7 nitrogen and oxygen atoms in total. The molecule has 31 heavy (non-hydrogen) atoms. The van der Waals surface area contributed by atoms with E-state index in [2.05, 4.69) is 14.7 Å². The number of pyridine rings is 1. The second kappa shape index (κ2) is 8.78. The molecule has 1 saturated heterocycles. The van der Waals surface area contributed by atoms with Gasteiger partial charge >= 0.3 is 6.09 Å². The summed E-state index contributed by atoms with van der Waals surface area (Å²) in [6.45, 7) is 7.55. The topological polar surface area (TPSA) is 75.9 Å². The number of ether oxygens (including phenoxy) is 1. The van der Waals surface area contributed by atoms with Crippen LogP contribution < -0.4 is 5.32 Å². The van der Waals surface area contributed by atoms with Crippen molar-refractivity contribution in [3.8, 4) is 0 Å². The van der Waals surface area contributed by atoms with Gasteiger partial charge in [-0.05, 0) is 63.8 Å². The SMILES string of the molecule is CC(C)(C)OC(=O)N1CCC(CNC(=O)/C=C\C2=Cc3cnc4cccc(n34)S2)CC1. The van der Waals surface area contributed by atoms with Gasteiger partial charge in [0.1, 0.15) is 11.2 Å². The van der Waals surface area contributed by atoms with Crippen molar-refractivity contribution in [1.82, 2.24) is 19.6 Å². The fourth-order valence-electron chi connectivity index (χ4n) is 3.70. The fourth-order valence-corrected chi connectivity index (χ4v) is 4.69. The molecule has 0 aromatic carbocycles. The Labute approximate surface area is 186 Å². The average molecular weight is 441 g/mol. The number of allylic oxidation sites excluding steroid dienone is 1. The molecule has 4 heterocycles. The third kappa shape index (κ3) is 5.31. The molecule has 0 radical (unpaired) electrons. The number of hydrogen-bond acceptors (Lipinski definition) is 5. The second-order valence-electron chi connectivity index (χ2n) is 8.88. The van der Waals surface area contributed by atoms with E-state index in [-0.39, 0.29) is 12.0 Å². The van der Waals surface area contributed by atoms with Gasteiger partial charge in [0.05, 0.1) is 16.9 Å². The Hall–Kier alpha value is -2.74. The number of carbonyl (C=O) groups is 2. The molecule has 164 valence electrons. The van der Waals surface area contributed by atoms with E-state index in [4.69, 9.17) is 4.74 Å². The summed E-state index contributed by atoms with van der Waals surface area (Å²) in [5.41, 5.74) is 1.46. The minimum Gasteiger partial charge on any atom is -0.444 e. The Morgan fingerprint density at radius 1 is 1.29 bits per heavy atom. The van der Waals surface area contributed by atoms with Gasteiger partial charge < -0.3 is 15.0 Å². The lowest BCUT2D eigenvalue weighted by atomic mass is 9.97. The Kier molecular flexibility index (Phi) is 6.09. The zero-order valence-corrected chi connectivity index (χ0v) is 18.9. The molecule has 1 N–H and O–H groups in total. The van der Waals surface area contributed by atoms with Gasteiger partial charge in [-0.15, -0.1) is 0 Å². The van der Waals surface area contributed by atoms with Crippen molar-refractivity contribution in [2.24, 2.45) is 5.92 Å². The molecule has 0 aliphatic carbocycles. The standard InChI is InChI=1S/C23H28N4O3S/c1-23(2,3)30-22(29)26-11-9-16(10-12-26)14-25-20(28)8-7-18-13-17-15-24-19-5-4-6-21(31-18)27(17)19/h4-8,13,15-16H,9-12,14H2,1-3H3,(H,25,28)/b8-7-. The van der Waals surface area contributed by atoms with E-state index in [0.717, 1.165) is 34.1 Å². The summed E-state index contributed by atoms with van der Waals surface area (Å²) < 4.78 is 7.53. The summed E-state index contributed by atoms with van der Waals surface area (Å²) in [5, 5.41) is 4.08. The van der Waals surface area contributed by atoms with E-state index in [1.807, 2.05) is 57.3 Å². The quantitative estimate of drug-likeness (QED) is 0.725. The van der Waals surface area contributed by atoms with Crippen LogP contribution in [0.2, 0.25) is 0 Å². The normalized spacial score (nSPS) is 17.1. The van der Waals surface area contributed by atoms with Gasteiger partial charge in [0.25, 0.3) is 0 Å². The van der Waals surface area contributed by atoms with E-state index < -0.39 is 5.60 Å². The average Bonchev–Trinajstić information content (AvgIpc) is 3.14. The van der Waals surface area contributed by atoms with Gasteiger partial charge in [-0.2, -0.15) is 0 Å². The maximum absolute atomic E-state index is 12.3. The summed E-state index contributed by atoms with van der Waals surface area (Å²) in [5.74, 6) is 0.264. The molecule has 0 saturated carbocycles. The van der Waals surface area contributed by atoms with E-state index in [0.29, 0.717) is 25.6 Å². The first-order valence-electron chi connectivity index (χ1n) is 10.6. The highest BCUT2D eigenvalue weighted by molar-refractivity contribution is 8.03. The molecule has 2 amide bonds. The Balaban J connectivity index is 1.24. The summed E-state index contributed by atoms with van der Waals surface area (Å²) in [6, 6.07) is 6.02. The number of hydrogen-bond donors (Lipinski definition) is 1. The van der Waals surface area contributed by atoms with E-state index in [9.17, 15) is 9.59 Å². The predicted molar refractivity (Wildman–Crippen MR) is 122 cm³/mol. The van der Waals surface area contributed by atoms with Gasteiger partial charge in [0.2, 0.25) is 5.91 Å². The second-order valence-corrected chi connectivity index (χ2v) is 9.97. The Morgan fingerprint density at radius 2 is 2.06 bits per heavy atom. The molecule has 0 bridgehead atoms. The highest BCUT2D eigenvalue weighted by Crippen LogP contribution is 2.34. The summed E-state index contributed by atoms with van der Waals surface area (Å²) >= 11 is 1.62. The number of piperidine rings is 1. The lowest BCUT2D eigenvalue weighted by molar-refractivity contribution is -0.116. The molecule has 0 unspecified atom stereocenters. The summed E-state index contributed by atoms with van der Waals surface area (Å²) in [4.78, 5) is 31.6. The third-order valence-electron chi connectivity index (χ3n) is 5.26. The lowest BCUT2D eigenvalue weighted by Gasteiger charge is -2.33. The molecule has 0 atom stereocenters. The maximum Gasteiger partial charge on any atom is 0.410 e. The molecule has 4 rings (SSSR count). The largest absolute Gasteiger partial charge is 0.444 e. The lowest BCUT2D eigenvalue weighted by Crippen LogP contribution is -2.43. The molecule has 2 aromatic heterocycles. The van der Waals surface area contributed by atoms with Crippen molar-refractivity contribution in [3.63, 3.8) is 0 Å². The zero-order chi connectivity index (χ0) is 22.0. The van der Waals surface area contributed by atoms with E-state index in [1.54, 1.807) is 22.7 Å². The number of likely N-dealkylation sites (tertiary alicyclic amines) is 1. The van der Waals surface area contributed by atoms with Crippen LogP contribution in [0.1, 0.15) is 39.3 Å². The van der Waals surface area contributed by atoms with Crippen molar-refractivity contribution in [2.75, 3.05) is 19.6 Å². The van der Waals surface area contributed by atoms with Crippen LogP contribution in [0.15, 0.2) is 46.5 Å². The number of nitrogens with zero attached hydrogens (tertiary/aromatic N) is 3. The van der Waals surface area contributed by atoms with Crippen LogP contribution in [0.3, 0.4) is 0 Å². The number of rotatable bonds is 4. The predicted octanol–water partition coefficient (Wildman–Crippen LogP) is 4.10. The number of aromatic nitrogens is 2. The number of imidazole rings is 1. The fraction of sp³-hybridized carbons (Fsp3) is 0.435. The van der Waals surface area contributed by atoms with Crippen LogP contribution in [0, 0.1) is 5.92 Å². The Bertz CT molecular complexity index is 1040. The van der Waals surface area contributed by atoms with Crippen LogP contribution >= 0.6 is 11.8 Å². The van der Waals surface area contributed by atoms with Gasteiger partial charge in [-0.25, -0.2) is 9.78 Å². The molecule has 1 fully saturated rings. The van der Waals surface area contributed by atoms with Crippen molar-refractivity contribution in [1.29, 1.82) is 0 Å². The van der Waals surface area contributed by atoms with Crippen molar-refractivity contribution in [3.05, 3.63) is 47.1 Å². The molecule has 8 heteroatoms. The van der Waals surface area contributed by atoms with E-state index in [1.165, 1.54) is 0 Å². The third-order valence-corrected chi connectivity index (χ3v) is 6.28. The number of nitrogens with one attached hydrogen (secondary N) is 1. The van der Waals surface area contributed by atoms with Crippen LogP contribution in [-0.2, 0) is 9.53 Å². The number of thioether (sulfide) groups is 1. The van der Waals surface area contributed by atoms with Gasteiger partial charge in [-0.3, -0.25) is 9.20 Å². The minimum atomic E-state index is -0.480. The first kappa shape index (κ1) is 21.5. The molecule has 2 aliphatic rings. The molecule has 2 aliphatic heterocycles. The smallest absolute Gasteiger partial charge is 0.410 e. The van der Waals surface area contributed by atoms with Crippen LogP contribution in [0.25, 0.3) is 11.7 Å². The summed E-state index contributed by atoms with van der Waals surface area (Å²) in [6.07, 6.45) is 8.77. The van der Waals surface area contributed by atoms with Crippen LogP contribution in [0.5, 0.6) is 0 Å². The molecular formula is C23H28N4O3S. The number of carbonyl (C=O) groups excluding carboxylic acids is 2. The van der Waals surface area contributed by atoms with Crippen molar-refractivity contribution in [2.45, 2.75) is 44.2 Å². The molecule has 0 spiro atoms. The Morgan fingerprint density at radius 3 is 2.81 bits per heavy atom. The highest BCUT2D eigenvalue weighted by Gasteiger charge is 2.26. The number of amides is 2. The summed E-state index contributed by atoms with van der Waals surface area (Å²) in [7, 11) is 0. The minimum absolute atomic E-state index is 0.103. The van der Waals surface area contributed by atoms with Crippen molar-refractivity contribution < 1.29 is 14.3 Å². The molecule has 2 aromatic rings. The van der Waals surface area contributed by atoms with Gasteiger partial charge in [0, 0.05) is 30.6 Å². The van der Waals surface area contributed by atoms with Crippen molar-refractivity contribution >= 4 is 35.5 Å². The first-order chi connectivity index (χ1) is 14.8. The zero-order valence-electron chi connectivity index (χ0n) is 18.1. The molecular weight excluding hydrogens is 412 g/mol. The van der Waals surface area contributed by atoms with Gasteiger partial charge in [0.15, 0.2) is 0 Å². The maximum atomic E-state index is 12.3.